The Hall–Kier alpha value is -3.68. The second-order valence-electron chi connectivity index (χ2n) is 10.5. The summed E-state index contributed by atoms with van der Waals surface area (Å²) in [5.74, 6) is 0.622. The van der Waals surface area contributed by atoms with Crippen molar-refractivity contribution >= 4 is 58.3 Å². The third-order valence-corrected chi connectivity index (χ3v) is 12.4. The molecule has 1 aromatic heterocycles. The summed E-state index contributed by atoms with van der Waals surface area (Å²) in [5, 5.41) is 4.16. The van der Waals surface area contributed by atoms with Gasteiger partial charge in [0.25, 0.3) is 17.7 Å². The first kappa shape index (κ1) is 32.7. The van der Waals surface area contributed by atoms with Crippen molar-refractivity contribution in [1.29, 1.82) is 0 Å². The lowest BCUT2D eigenvalue weighted by Gasteiger charge is -2.38. The number of aromatic nitrogens is 1. The number of hydrogen-bond donors (Lipinski definition) is 1. The summed E-state index contributed by atoms with van der Waals surface area (Å²) in [6.45, 7) is 2.20. The minimum atomic E-state index is -4.46. The van der Waals surface area contributed by atoms with Gasteiger partial charge in [0.2, 0.25) is 5.88 Å². The molecule has 2 amide bonds. The molecule has 10 nitrogen and oxygen atoms in total. The van der Waals surface area contributed by atoms with Crippen LogP contribution in [0.1, 0.15) is 18.4 Å². The zero-order valence-corrected chi connectivity index (χ0v) is 27.3. The summed E-state index contributed by atoms with van der Waals surface area (Å²) < 4.78 is 53.0. The number of hydrogen-bond acceptors (Lipinski definition) is 8. The van der Waals surface area contributed by atoms with Gasteiger partial charge in [0.15, 0.2) is 0 Å². The van der Waals surface area contributed by atoms with Crippen molar-refractivity contribution in [1.82, 2.24) is 9.88 Å². The molecule has 4 aromatic rings. The van der Waals surface area contributed by atoms with Crippen LogP contribution in [0.25, 0.3) is 0 Å². The van der Waals surface area contributed by atoms with E-state index in [2.05, 4.69) is 15.2 Å². The number of nitrogens with zero attached hydrogens (tertiary/aromatic N) is 3. The van der Waals surface area contributed by atoms with Crippen molar-refractivity contribution in [2.75, 3.05) is 29.6 Å². The predicted molar refractivity (Wildman–Crippen MR) is 175 cm³/mol. The van der Waals surface area contributed by atoms with E-state index in [-0.39, 0.29) is 17.0 Å². The highest BCUT2D eigenvalue weighted by atomic mass is 35.5. The number of carbonyl (C=O) groups excluding carboxylic acids is 1. The first-order valence-corrected chi connectivity index (χ1v) is 18.6. The molecule has 0 spiro atoms. The standard InChI is InChI=1S/C31H30Cl2N4O6S2/c1-44(39,40)45(41,42)29-13-11-28(12-14-29)43-30-15-2-22(20-34-30)21-36-18-16-27(17-19-36)37(26-9-5-24(33)6-10-26)31(38)35-25-7-3-23(32)4-8-25/h2-15,20,27H,16-19,21H2,1H3,(H,35,38). The monoisotopic (exact) mass is 688 g/mol. The van der Waals surface area contributed by atoms with Gasteiger partial charge in [-0.15, -0.1) is 0 Å². The fourth-order valence-corrected chi connectivity index (χ4v) is 7.39. The van der Waals surface area contributed by atoms with Gasteiger partial charge in [-0.1, -0.05) is 29.3 Å². The molecule has 45 heavy (non-hydrogen) atoms. The van der Waals surface area contributed by atoms with Crippen LogP contribution in [-0.2, 0) is 24.3 Å². The third kappa shape index (κ3) is 8.13. The van der Waals surface area contributed by atoms with Gasteiger partial charge < -0.3 is 10.1 Å². The van der Waals surface area contributed by atoms with E-state index >= 15 is 0 Å². The van der Waals surface area contributed by atoms with Gasteiger partial charge in [-0.3, -0.25) is 9.80 Å². The second-order valence-corrected chi connectivity index (χ2v) is 17.3. The number of anilines is 2. The Kier molecular flexibility index (Phi) is 10.00. The molecule has 14 heteroatoms. The Labute approximate surface area is 271 Å². The molecular formula is C31H30Cl2N4O6S2. The Bertz CT molecular complexity index is 1850. The predicted octanol–water partition coefficient (Wildman–Crippen LogP) is 6.62. The Balaban J connectivity index is 1.19. The van der Waals surface area contributed by atoms with Gasteiger partial charge in [-0.05, 0) is 91.2 Å². The number of amides is 2. The number of halogens is 2. The summed E-state index contributed by atoms with van der Waals surface area (Å²) in [6, 6.07) is 22.7. The largest absolute Gasteiger partial charge is 0.439 e. The number of carbonyl (C=O) groups is 1. The van der Waals surface area contributed by atoms with E-state index < -0.39 is 17.7 Å². The highest BCUT2D eigenvalue weighted by molar-refractivity contribution is 8.66. The van der Waals surface area contributed by atoms with E-state index in [1.54, 1.807) is 53.6 Å². The van der Waals surface area contributed by atoms with E-state index in [1.165, 1.54) is 24.3 Å². The number of likely N-dealkylation sites (tertiary alicyclic amines) is 1. The van der Waals surface area contributed by atoms with E-state index in [4.69, 9.17) is 27.9 Å². The first-order chi connectivity index (χ1) is 21.4. The fourth-order valence-electron chi connectivity index (χ4n) is 4.94. The molecule has 0 bridgehead atoms. The van der Waals surface area contributed by atoms with Crippen LogP contribution in [0.3, 0.4) is 0 Å². The third-order valence-electron chi connectivity index (χ3n) is 7.28. The number of ether oxygens (including phenoxy) is 1. The van der Waals surface area contributed by atoms with Crippen LogP contribution in [0.2, 0.25) is 10.0 Å². The van der Waals surface area contributed by atoms with E-state index in [1.807, 2.05) is 18.2 Å². The summed E-state index contributed by atoms with van der Waals surface area (Å²) in [6.07, 6.45) is 3.88. The molecule has 0 unspecified atom stereocenters. The van der Waals surface area contributed by atoms with Crippen molar-refractivity contribution in [3.8, 4) is 11.6 Å². The molecule has 1 N–H and O–H groups in total. The molecule has 0 radical (unpaired) electrons. The molecule has 0 aliphatic carbocycles. The van der Waals surface area contributed by atoms with Gasteiger partial charge in [0.05, 0.1) is 11.2 Å². The topological polar surface area (TPSA) is 126 Å². The molecule has 5 rings (SSSR count). The molecule has 1 aliphatic rings. The van der Waals surface area contributed by atoms with Crippen LogP contribution >= 0.6 is 23.2 Å². The number of nitrogens with one attached hydrogen (secondary N) is 1. The number of pyridine rings is 1. The van der Waals surface area contributed by atoms with Crippen LogP contribution < -0.4 is 15.0 Å². The SMILES string of the molecule is CS(=O)(=O)S(=O)(=O)c1ccc(Oc2ccc(CN3CCC(N(C(=O)Nc4ccc(Cl)cc4)c4ccc(Cl)cc4)CC3)cn2)cc1. The Morgan fingerprint density at radius 2 is 1.49 bits per heavy atom. The summed E-state index contributed by atoms with van der Waals surface area (Å²) in [4.78, 5) is 21.6. The van der Waals surface area contributed by atoms with Crippen LogP contribution in [0.5, 0.6) is 11.6 Å². The lowest BCUT2D eigenvalue weighted by molar-refractivity contribution is 0.199. The van der Waals surface area contributed by atoms with Gasteiger partial charge in [0, 0.05) is 59.4 Å². The van der Waals surface area contributed by atoms with Crippen molar-refractivity contribution in [2.45, 2.75) is 30.3 Å². The van der Waals surface area contributed by atoms with Crippen LogP contribution in [0.15, 0.2) is 96.0 Å². The molecule has 3 aromatic carbocycles. The number of piperidine rings is 1. The maximum atomic E-state index is 13.5. The lowest BCUT2D eigenvalue weighted by atomic mass is 10.0. The second kappa shape index (κ2) is 13.8. The first-order valence-electron chi connectivity index (χ1n) is 13.9. The van der Waals surface area contributed by atoms with Crippen LogP contribution in [0.4, 0.5) is 16.2 Å². The molecule has 2 heterocycles. The highest BCUT2D eigenvalue weighted by Crippen LogP contribution is 2.28. The minimum absolute atomic E-state index is 0.0255. The molecule has 0 saturated carbocycles. The Morgan fingerprint density at radius 1 is 0.889 bits per heavy atom. The average molecular weight is 690 g/mol. The van der Waals surface area contributed by atoms with E-state index in [0.717, 1.165) is 37.2 Å². The molecular weight excluding hydrogens is 659 g/mol. The molecule has 236 valence electrons. The van der Waals surface area contributed by atoms with Gasteiger partial charge in [-0.25, -0.2) is 26.6 Å². The average Bonchev–Trinajstić information content (AvgIpc) is 3.01. The normalized spacial score (nSPS) is 14.6. The number of urea groups is 1. The maximum absolute atomic E-state index is 13.5. The summed E-state index contributed by atoms with van der Waals surface area (Å²) in [7, 11) is -8.76. The van der Waals surface area contributed by atoms with Gasteiger partial charge in [-0.2, -0.15) is 0 Å². The zero-order chi connectivity index (χ0) is 32.2. The summed E-state index contributed by atoms with van der Waals surface area (Å²) >= 11 is 12.1. The van der Waals surface area contributed by atoms with E-state index in [9.17, 15) is 21.6 Å². The lowest BCUT2D eigenvalue weighted by Crippen LogP contribution is -2.49. The maximum Gasteiger partial charge on any atom is 0.326 e. The fraction of sp³-hybridized carbons (Fsp3) is 0.226. The van der Waals surface area contributed by atoms with Crippen LogP contribution in [0, 0.1) is 0 Å². The summed E-state index contributed by atoms with van der Waals surface area (Å²) in [5.41, 5.74) is 2.39. The van der Waals surface area contributed by atoms with Gasteiger partial charge >= 0.3 is 6.03 Å². The smallest absolute Gasteiger partial charge is 0.326 e. The van der Waals surface area contributed by atoms with E-state index in [0.29, 0.717) is 40.2 Å². The van der Waals surface area contributed by atoms with Crippen LogP contribution in [-0.4, -0.2) is 58.1 Å². The quantitative estimate of drug-likeness (QED) is 0.195. The minimum Gasteiger partial charge on any atom is -0.439 e. The van der Waals surface area contributed by atoms with Crippen molar-refractivity contribution < 1.29 is 26.4 Å². The van der Waals surface area contributed by atoms with Crippen molar-refractivity contribution in [3.63, 3.8) is 0 Å². The molecule has 0 atom stereocenters. The number of rotatable bonds is 9. The molecule has 1 saturated heterocycles. The Morgan fingerprint density at radius 3 is 2.04 bits per heavy atom. The highest BCUT2D eigenvalue weighted by Gasteiger charge is 2.30. The molecule has 1 fully saturated rings. The van der Waals surface area contributed by atoms with Gasteiger partial charge in [0.1, 0.15) is 5.75 Å². The molecule has 1 aliphatic heterocycles. The zero-order valence-electron chi connectivity index (χ0n) is 24.1. The number of benzene rings is 3. The van der Waals surface area contributed by atoms with Crippen molar-refractivity contribution in [2.24, 2.45) is 0 Å². The van der Waals surface area contributed by atoms with Crippen molar-refractivity contribution in [3.05, 3.63) is 107 Å².